The molecular weight excluding hydrogens is 416 g/mol. The maximum absolute atomic E-state index is 14.5. The molecule has 0 spiro atoms. The highest BCUT2D eigenvalue weighted by Gasteiger charge is 2.39. The van der Waals surface area contributed by atoms with Crippen LogP contribution in [0.2, 0.25) is 0 Å². The first-order valence-electron chi connectivity index (χ1n) is 9.49. The minimum absolute atomic E-state index is 0.0803. The number of para-hydroxylation sites is 1. The van der Waals surface area contributed by atoms with Crippen LogP contribution in [-0.4, -0.2) is 22.5 Å². The predicted octanol–water partition coefficient (Wildman–Crippen LogP) is 4.65. The Hall–Kier alpha value is -3.20. The van der Waals surface area contributed by atoms with E-state index in [2.05, 4.69) is 4.98 Å². The van der Waals surface area contributed by atoms with E-state index in [1.807, 2.05) is 0 Å². The fourth-order valence-electron chi connectivity index (χ4n) is 3.59. The Morgan fingerprint density at radius 3 is 2.39 bits per heavy atom. The van der Waals surface area contributed by atoms with E-state index in [9.17, 15) is 27.5 Å². The summed E-state index contributed by atoms with van der Waals surface area (Å²) in [6, 6.07) is 6.14. The molecule has 0 bridgehead atoms. The third-order valence-corrected chi connectivity index (χ3v) is 5.07. The van der Waals surface area contributed by atoms with Crippen LogP contribution in [0.3, 0.4) is 0 Å². The number of carbonyl (C=O) groups is 1. The Morgan fingerprint density at radius 2 is 1.77 bits per heavy atom. The van der Waals surface area contributed by atoms with Gasteiger partial charge in [0.05, 0.1) is 11.3 Å². The molecule has 1 N–H and O–H groups in total. The van der Waals surface area contributed by atoms with Gasteiger partial charge >= 0.3 is 0 Å². The highest BCUT2D eigenvalue weighted by Crippen LogP contribution is 2.40. The van der Waals surface area contributed by atoms with Gasteiger partial charge in [0.25, 0.3) is 0 Å². The van der Waals surface area contributed by atoms with E-state index in [0.29, 0.717) is 6.07 Å². The van der Waals surface area contributed by atoms with Gasteiger partial charge in [-0.1, -0.05) is 6.07 Å². The molecule has 1 aliphatic rings. The minimum atomic E-state index is -1.52. The number of oxazole rings is 1. The van der Waals surface area contributed by atoms with Crippen molar-refractivity contribution < 1.29 is 31.9 Å². The molecule has 0 aliphatic carbocycles. The van der Waals surface area contributed by atoms with Gasteiger partial charge in [0.1, 0.15) is 34.6 Å². The largest absolute Gasteiger partial charge is 0.437 e. The van der Waals surface area contributed by atoms with Gasteiger partial charge in [-0.2, -0.15) is 0 Å². The van der Waals surface area contributed by atoms with E-state index in [4.69, 9.17) is 4.42 Å². The van der Waals surface area contributed by atoms with Crippen LogP contribution in [0.15, 0.2) is 40.8 Å². The van der Waals surface area contributed by atoms with E-state index >= 15 is 0 Å². The monoisotopic (exact) mass is 434 g/mol. The van der Waals surface area contributed by atoms with E-state index in [-0.39, 0.29) is 35.9 Å². The molecule has 1 atom stereocenters. The lowest BCUT2D eigenvalue weighted by atomic mass is 9.99. The second-order valence-corrected chi connectivity index (χ2v) is 7.89. The number of halogens is 4. The van der Waals surface area contributed by atoms with Crippen molar-refractivity contribution in [1.29, 1.82) is 0 Å². The second-order valence-electron chi connectivity index (χ2n) is 7.89. The van der Waals surface area contributed by atoms with Crippen molar-refractivity contribution in [1.82, 2.24) is 4.98 Å². The summed E-state index contributed by atoms with van der Waals surface area (Å²) in [4.78, 5) is 17.8. The molecule has 1 saturated heterocycles. The van der Waals surface area contributed by atoms with Gasteiger partial charge in [-0.15, -0.1) is 0 Å². The molecule has 1 fully saturated rings. The Morgan fingerprint density at radius 1 is 1.10 bits per heavy atom. The Balaban J connectivity index is 1.79. The third kappa shape index (κ3) is 3.81. The van der Waals surface area contributed by atoms with E-state index in [1.54, 1.807) is 0 Å². The van der Waals surface area contributed by atoms with E-state index in [0.717, 1.165) is 29.2 Å². The zero-order chi connectivity index (χ0) is 22.5. The number of aromatic nitrogens is 1. The van der Waals surface area contributed by atoms with Gasteiger partial charge in [0.15, 0.2) is 5.76 Å². The highest BCUT2D eigenvalue weighted by atomic mass is 19.1. The number of rotatable bonds is 4. The molecule has 2 aromatic carbocycles. The average molecular weight is 434 g/mol. The fraction of sp³-hybridized carbons (Fsp3) is 0.273. The molecule has 4 rings (SSSR count). The topological polar surface area (TPSA) is 66.6 Å². The summed E-state index contributed by atoms with van der Waals surface area (Å²) in [6.07, 6.45) is -0.165. The van der Waals surface area contributed by atoms with Gasteiger partial charge in [-0.05, 0) is 38.1 Å². The first-order valence-corrected chi connectivity index (χ1v) is 9.49. The summed E-state index contributed by atoms with van der Waals surface area (Å²) >= 11 is 0. The van der Waals surface area contributed by atoms with Crippen LogP contribution in [0.5, 0.6) is 0 Å². The molecule has 162 valence electrons. The SMILES string of the molecule is CC(C)(O)c1nc(C2CC(=O)N(c3c(F)cccc3F)C2)c(-c2ccc(F)cc2F)o1. The molecule has 3 aromatic rings. The molecule has 1 aromatic heterocycles. The number of aliphatic hydroxyl groups is 1. The lowest BCUT2D eigenvalue weighted by Crippen LogP contribution is -2.26. The van der Waals surface area contributed by atoms with Crippen LogP contribution in [0, 0.1) is 23.3 Å². The molecule has 5 nitrogen and oxygen atoms in total. The summed E-state index contributed by atoms with van der Waals surface area (Å²) in [6.45, 7) is 2.69. The number of nitrogens with zero attached hydrogens (tertiary/aromatic N) is 2. The van der Waals surface area contributed by atoms with Crippen molar-refractivity contribution in [3.05, 3.63) is 71.3 Å². The summed E-state index contributed by atoms with van der Waals surface area (Å²) < 4.78 is 61.9. The number of hydrogen-bond donors (Lipinski definition) is 1. The molecule has 1 aliphatic heterocycles. The van der Waals surface area contributed by atoms with Crippen molar-refractivity contribution in [2.24, 2.45) is 0 Å². The van der Waals surface area contributed by atoms with Crippen LogP contribution in [0.4, 0.5) is 23.2 Å². The van der Waals surface area contributed by atoms with Crippen molar-refractivity contribution in [2.45, 2.75) is 31.8 Å². The maximum atomic E-state index is 14.5. The average Bonchev–Trinajstić information content (AvgIpc) is 3.26. The van der Waals surface area contributed by atoms with Crippen molar-refractivity contribution in [2.75, 3.05) is 11.4 Å². The van der Waals surface area contributed by atoms with Crippen molar-refractivity contribution in [3.63, 3.8) is 0 Å². The number of amides is 1. The first-order chi connectivity index (χ1) is 14.6. The Bertz CT molecular complexity index is 1150. The summed E-state index contributed by atoms with van der Waals surface area (Å²) in [5.41, 5.74) is -1.97. The zero-order valence-corrected chi connectivity index (χ0v) is 16.6. The highest BCUT2D eigenvalue weighted by molar-refractivity contribution is 5.97. The number of anilines is 1. The van der Waals surface area contributed by atoms with Crippen LogP contribution in [-0.2, 0) is 10.4 Å². The van der Waals surface area contributed by atoms with Crippen LogP contribution >= 0.6 is 0 Å². The predicted molar refractivity (Wildman–Crippen MR) is 103 cm³/mol. The summed E-state index contributed by atoms with van der Waals surface area (Å²) in [7, 11) is 0. The first kappa shape index (κ1) is 21.0. The molecule has 0 radical (unpaired) electrons. The lowest BCUT2D eigenvalue weighted by Gasteiger charge is -2.18. The van der Waals surface area contributed by atoms with Gasteiger partial charge in [0.2, 0.25) is 11.8 Å². The van der Waals surface area contributed by atoms with E-state index < -0.39 is 46.4 Å². The van der Waals surface area contributed by atoms with Crippen molar-refractivity contribution in [3.8, 4) is 11.3 Å². The van der Waals surface area contributed by atoms with Crippen molar-refractivity contribution >= 4 is 11.6 Å². The third-order valence-electron chi connectivity index (χ3n) is 5.07. The maximum Gasteiger partial charge on any atom is 0.227 e. The summed E-state index contributed by atoms with van der Waals surface area (Å²) in [5.74, 6) is -4.96. The molecule has 0 saturated carbocycles. The van der Waals surface area contributed by atoms with Gasteiger partial charge in [-0.3, -0.25) is 4.79 Å². The number of carbonyl (C=O) groups excluding carboxylic acids is 1. The molecule has 31 heavy (non-hydrogen) atoms. The minimum Gasteiger partial charge on any atom is -0.437 e. The molecular formula is C22H18F4N2O3. The van der Waals surface area contributed by atoms with Gasteiger partial charge in [0, 0.05) is 24.9 Å². The van der Waals surface area contributed by atoms with Crippen LogP contribution in [0.1, 0.15) is 37.8 Å². The smallest absolute Gasteiger partial charge is 0.227 e. The zero-order valence-electron chi connectivity index (χ0n) is 16.6. The number of benzene rings is 2. The van der Waals surface area contributed by atoms with Gasteiger partial charge < -0.3 is 14.4 Å². The molecule has 1 unspecified atom stereocenters. The summed E-state index contributed by atoms with van der Waals surface area (Å²) in [5, 5.41) is 10.3. The standard InChI is InChI=1S/C22H18F4N2O3/c1-22(2,30)21-27-18(20(31-21)13-7-6-12(23)9-16(13)26)11-8-17(29)28(10-11)19-14(24)4-3-5-15(19)25/h3-7,9,11,30H,8,10H2,1-2H3. The molecule has 1 amide bonds. The Labute approximate surface area is 174 Å². The lowest BCUT2D eigenvalue weighted by molar-refractivity contribution is -0.117. The molecule has 2 heterocycles. The van der Waals surface area contributed by atoms with Crippen LogP contribution < -0.4 is 4.90 Å². The van der Waals surface area contributed by atoms with E-state index in [1.165, 1.54) is 19.9 Å². The Kier molecular flexibility index (Phi) is 5.09. The molecule has 9 heteroatoms. The quantitative estimate of drug-likeness (QED) is 0.608. The fourth-order valence-corrected chi connectivity index (χ4v) is 3.59. The normalized spacial score (nSPS) is 16.9. The van der Waals surface area contributed by atoms with Gasteiger partial charge in [-0.25, -0.2) is 22.5 Å². The van der Waals surface area contributed by atoms with Crippen LogP contribution in [0.25, 0.3) is 11.3 Å². The second kappa shape index (κ2) is 7.49. The number of hydrogen-bond acceptors (Lipinski definition) is 4.